The van der Waals surface area contributed by atoms with Crippen LogP contribution in [0.15, 0.2) is 89.9 Å². The Kier molecular flexibility index (Phi) is 7.22. The van der Waals surface area contributed by atoms with Crippen molar-refractivity contribution in [3.8, 4) is 0 Å². The highest BCUT2D eigenvalue weighted by Crippen LogP contribution is 2.14. The molecule has 1 heterocycles. The number of aryl methyl sites for hydroxylation is 1. The average Bonchev–Trinajstić information content (AvgIpc) is 3.18. The zero-order valence-electron chi connectivity index (χ0n) is 17.2. The summed E-state index contributed by atoms with van der Waals surface area (Å²) in [5.74, 6) is 1.16. The molecule has 2 aromatic carbocycles. The third kappa shape index (κ3) is 5.70. The Hall–Kier alpha value is -3.60. The van der Waals surface area contributed by atoms with Gasteiger partial charge in [-0.25, -0.2) is 0 Å². The molecule has 0 saturated heterocycles. The van der Waals surface area contributed by atoms with E-state index in [2.05, 4.69) is 6.58 Å². The Morgan fingerprint density at radius 1 is 0.900 bits per heavy atom. The van der Waals surface area contributed by atoms with E-state index in [0.717, 1.165) is 11.3 Å². The number of furan rings is 1. The molecular formula is C25H26N2O3. The highest BCUT2D eigenvalue weighted by atomic mass is 16.3. The monoisotopic (exact) mass is 402 g/mol. The van der Waals surface area contributed by atoms with Crippen molar-refractivity contribution in [1.29, 1.82) is 0 Å². The summed E-state index contributed by atoms with van der Waals surface area (Å²) in [7, 11) is 0. The first-order chi connectivity index (χ1) is 14.6. The fourth-order valence-electron chi connectivity index (χ4n) is 3.20. The predicted molar refractivity (Wildman–Crippen MR) is 117 cm³/mol. The second kappa shape index (κ2) is 10.3. The maximum absolute atomic E-state index is 13.2. The largest absolute Gasteiger partial charge is 0.464 e. The third-order valence-corrected chi connectivity index (χ3v) is 4.70. The van der Waals surface area contributed by atoms with Gasteiger partial charge >= 0.3 is 0 Å². The summed E-state index contributed by atoms with van der Waals surface area (Å²) in [4.78, 5) is 29.4. The molecule has 1 aromatic heterocycles. The number of hydrogen-bond donors (Lipinski definition) is 0. The van der Waals surface area contributed by atoms with Crippen LogP contribution in [0.1, 0.15) is 27.4 Å². The minimum atomic E-state index is -0.197. The standard InChI is InChI=1S/C25H26N2O3/c1-3-16-26(25(29)22-12-8-5-9-13-22)19-24(28)27(17-21-10-6-4-7-11-21)18-23-15-14-20(2)30-23/h3-15H,1,16-19H2,2H3. The summed E-state index contributed by atoms with van der Waals surface area (Å²) in [6.45, 7) is 6.63. The summed E-state index contributed by atoms with van der Waals surface area (Å²) >= 11 is 0. The van der Waals surface area contributed by atoms with Crippen molar-refractivity contribution in [2.45, 2.75) is 20.0 Å². The van der Waals surface area contributed by atoms with Crippen LogP contribution in [0, 0.1) is 6.92 Å². The van der Waals surface area contributed by atoms with Crippen molar-refractivity contribution >= 4 is 11.8 Å². The van der Waals surface area contributed by atoms with E-state index in [1.807, 2.05) is 67.6 Å². The molecule has 0 aliphatic heterocycles. The number of amides is 2. The molecular weight excluding hydrogens is 376 g/mol. The van der Waals surface area contributed by atoms with E-state index < -0.39 is 0 Å². The fourth-order valence-corrected chi connectivity index (χ4v) is 3.20. The van der Waals surface area contributed by atoms with Gasteiger partial charge in [-0.1, -0.05) is 54.6 Å². The quantitative estimate of drug-likeness (QED) is 0.497. The van der Waals surface area contributed by atoms with Gasteiger partial charge in [0.15, 0.2) is 0 Å². The van der Waals surface area contributed by atoms with Gasteiger partial charge in [-0.2, -0.15) is 0 Å². The predicted octanol–water partition coefficient (Wildman–Crippen LogP) is 4.45. The molecule has 3 aromatic rings. The van der Waals surface area contributed by atoms with Crippen molar-refractivity contribution in [3.63, 3.8) is 0 Å². The second-order valence-electron chi connectivity index (χ2n) is 7.09. The molecule has 0 spiro atoms. The number of benzene rings is 2. The van der Waals surface area contributed by atoms with Gasteiger partial charge in [-0.15, -0.1) is 6.58 Å². The molecule has 2 amide bonds. The highest BCUT2D eigenvalue weighted by molar-refractivity contribution is 5.96. The molecule has 0 fully saturated rings. The molecule has 0 bridgehead atoms. The second-order valence-corrected chi connectivity index (χ2v) is 7.09. The first kappa shape index (κ1) is 21.1. The van der Waals surface area contributed by atoms with E-state index in [-0.39, 0.29) is 18.4 Å². The van der Waals surface area contributed by atoms with E-state index >= 15 is 0 Å². The van der Waals surface area contributed by atoms with Crippen LogP contribution in [-0.4, -0.2) is 34.7 Å². The molecule has 0 unspecified atom stereocenters. The number of nitrogens with zero attached hydrogens (tertiary/aromatic N) is 2. The summed E-state index contributed by atoms with van der Waals surface area (Å²) in [5.41, 5.74) is 1.56. The molecule has 0 aliphatic rings. The summed E-state index contributed by atoms with van der Waals surface area (Å²) in [6, 6.07) is 22.5. The molecule has 5 heteroatoms. The van der Waals surface area contributed by atoms with Crippen LogP contribution < -0.4 is 0 Å². The van der Waals surface area contributed by atoms with Gasteiger partial charge in [0.05, 0.1) is 6.54 Å². The highest BCUT2D eigenvalue weighted by Gasteiger charge is 2.22. The van der Waals surface area contributed by atoms with Crippen LogP contribution in [-0.2, 0) is 17.9 Å². The van der Waals surface area contributed by atoms with Gasteiger partial charge in [-0.3, -0.25) is 9.59 Å². The van der Waals surface area contributed by atoms with Crippen LogP contribution in [0.25, 0.3) is 0 Å². The molecule has 0 atom stereocenters. The normalized spacial score (nSPS) is 10.4. The number of hydrogen-bond acceptors (Lipinski definition) is 3. The van der Waals surface area contributed by atoms with Crippen molar-refractivity contribution < 1.29 is 14.0 Å². The first-order valence-electron chi connectivity index (χ1n) is 9.89. The van der Waals surface area contributed by atoms with Crippen molar-refractivity contribution in [3.05, 3.63) is 108 Å². The Labute approximate surface area is 177 Å². The minimum Gasteiger partial charge on any atom is -0.464 e. The summed E-state index contributed by atoms with van der Waals surface area (Å²) in [6.07, 6.45) is 1.63. The Bertz CT molecular complexity index is 980. The van der Waals surface area contributed by atoms with Gasteiger partial charge in [0.1, 0.15) is 18.1 Å². The lowest BCUT2D eigenvalue weighted by Crippen LogP contribution is -2.42. The van der Waals surface area contributed by atoms with Crippen molar-refractivity contribution in [1.82, 2.24) is 9.80 Å². The van der Waals surface area contributed by atoms with Crippen LogP contribution >= 0.6 is 0 Å². The zero-order chi connectivity index (χ0) is 21.3. The lowest BCUT2D eigenvalue weighted by molar-refractivity contribution is -0.133. The topological polar surface area (TPSA) is 53.8 Å². The molecule has 0 N–H and O–H groups in total. The average molecular weight is 402 g/mol. The van der Waals surface area contributed by atoms with Gasteiger partial charge in [0, 0.05) is 18.7 Å². The van der Waals surface area contributed by atoms with Gasteiger partial charge in [0.2, 0.25) is 5.91 Å². The lowest BCUT2D eigenvalue weighted by Gasteiger charge is -2.27. The molecule has 0 saturated carbocycles. The van der Waals surface area contributed by atoms with Crippen LogP contribution in [0.2, 0.25) is 0 Å². The number of carbonyl (C=O) groups excluding carboxylic acids is 2. The van der Waals surface area contributed by atoms with Crippen molar-refractivity contribution in [2.24, 2.45) is 0 Å². The van der Waals surface area contributed by atoms with Crippen LogP contribution in [0.3, 0.4) is 0 Å². The molecule has 0 radical (unpaired) electrons. The van der Waals surface area contributed by atoms with E-state index in [4.69, 9.17) is 4.42 Å². The first-order valence-corrected chi connectivity index (χ1v) is 9.89. The molecule has 5 nitrogen and oxygen atoms in total. The van der Waals surface area contributed by atoms with E-state index in [9.17, 15) is 9.59 Å². The lowest BCUT2D eigenvalue weighted by atomic mass is 10.2. The molecule has 30 heavy (non-hydrogen) atoms. The van der Waals surface area contributed by atoms with E-state index in [0.29, 0.717) is 31.0 Å². The maximum Gasteiger partial charge on any atom is 0.254 e. The van der Waals surface area contributed by atoms with Gasteiger partial charge < -0.3 is 14.2 Å². The third-order valence-electron chi connectivity index (χ3n) is 4.70. The van der Waals surface area contributed by atoms with E-state index in [1.165, 1.54) is 4.90 Å². The summed E-state index contributed by atoms with van der Waals surface area (Å²) < 4.78 is 5.68. The van der Waals surface area contributed by atoms with Crippen LogP contribution in [0.5, 0.6) is 0 Å². The summed E-state index contributed by atoms with van der Waals surface area (Å²) in [5, 5.41) is 0. The SMILES string of the molecule is C=CCN(CC(=O)N(Cc1ccccc1)Cc1ccc(C)o1)C(=O)c1ccccc1. The number of rotatable bonds is 9. The Morgan fingerprint density at radius 3 is 2.17 bits per heavy atom. The smallest absolute Gasteiger partial charge is 0.254 e. The Morgan fingerprint density at radius 2 is 1.57 bits per heavy atom. The molecule has 154 valence electrons. The number of carbonyl (C=O) groups is 2. The van der Waals surface area contributed by atoms with Gasteiger partial charge in [0.25, 0.3) is 5.91 Å². The van der Waals surface area contributed by atoms with Crippen LogP contribution in [0.4, 0.5) is 0 Å². The minimum absolute atomic E-state index is 0.0354. The Balaban J connectivity index is 1.78. The van der Waals surface area contributed by atoms with Gasteiger partial charge in [-0.05, 0) is 36.8 Å². The zero-order valence-corrected chi connectivity index (χ0v) is 17.2. The molecule has 0 aliphatic carbocycles. The molecule has 3 rings (SSSR count). The fraction of sp³-hybridized carbons (Fsp3) is 0.200. The van der Waals surface area contributed by atoms with Crippen molar-refractivity contribution in [2.75, 3.05) is 13.1 Å². The maximum atomic E-state index is 13.2. The van der Waals surface area contributed by atoms with E-state index in [1.54, 1.807) is 23.1 Å².